The molecule has 4 rings (SSSR count). The maximum absolute atomic E-state index is 12.6. The van der Waals surface area contributed by atoms with E-state index in [1.165, 1.54) is 28.9 Å². The molecule has 1 amide bonds. The number of hydrogen-bond donors (Lipinski definition) is 1. The van der Waals surface area contributed by atoms with Crippen molar-refractivity contribution in [3.8, 4) is 11.6 Å². The van der Waals surface area contributed by atoms with Crippen LogP contribution in [-0.4, -0.2) is 21.7 Å². The van der Waals surface area contributed by atoms with Crippen molar-refractivity contribution in [3.63, 3.8) is 0 Å². The van der Waals surface area contributed by atoms with Crippen LogP contribution >= 0.6 is 46.4 Å². The van der Waals surface area contributed by atoms with E-state index in [4.69, 9.17) is 51.1 Å². The Labute approximate surface area is 215 Å². The number of amides is 1. The molecule has 10 heteroatoms. The van der Waals surface area contributed by atoms with Gasteiger partial charge < -0.3 is 10.1 Å². The summed E-state index contributed by atoms with van der Waals surface area (Å²) in [6, 6.07) is 17.6. The summed E-state index contributed by atoms with van der Waals surface area (Å²) in [4.78, 5) is 25.1. The molecule has 0 saturated heterocycles. The summed E-state index contributed by atoms with van der Waals surface area (Å²) in [5.74, 6) is -0.719. The molecule has 0 atom stereocenters. The summed E-state index contributed by atoms with van der Waals surface area (Å²) in [7, 11) is 0. The zero-order valence-corrected chi connectivity index (χ0v) is 20.5. The normalized spacial score (nSPS) is 10.7. The van der Waals surface area contributed by atoms with Crippen molar-refractivity contribution in [2.24, 2.45) is 0 Å². The number of benzene rings is 3. The number of halogens is 4. The number of nitrogens with one attached hydrogen (secondary N) is 1. The van der Waals surface area contributed by atoms with Gasteiger partial charge in [0.15, 0.2) is 0 Å². The largest absolute Gasteiger partial charge is 0.404 e. The topological polar surface area (TPSA) is 73.2 Å². The lowest BCUT2D eigenvalue weighted by molar-refractivity contribution is 0.0722. The first-order valence-corrected chi connectivity index (χ1v) is 11.3. The van der Waals surface area contributed by atoms with Gasteiger partial charge in [-0.3, -0.25) is 4.79 Å². The Morgan fingerprint density at radius 2 is 1.38 bits per heavy atom. The number of nitrogens with zero attached hydrogens (tertiary/aromatic N) is 2. The summed E-state index contributed by atoms with van der Waals surface area (Å²) in [6.07, 6.45) is 0. The van der Waals surface area contributed by atoms with E-state index < -0.39 is 5.97 Å². The van der Waals surface area contributed by atoms with Crippen molar-refractivity contribution in [1.29, 1.82) is 0 Å². The van der Waals surface area contributed by atoms with Gasteiger partial charge in [-0.2, -0.15) is 5.10 Å². The molecule has 0 unspecified atom stereocenters. The Kier molecular flexibility index (Phi) is 7.14. The first-order valence-electron chi connectivity index (χ1n) is 9.82. The van der Waals surface area contributed by atoms with Gasteiger partial charge in [-0.15, -0.1) is 0 Å². The van der Waals surface area contributed by atoms with Crippen LogP contribution in [-0.2, 0) is 0 Å². The molecule has 0 fully saturated rings. The average Bonchev–Trinajstić information content (AvgIpc) is 3.17. The van der Waals surface area contributed by atoms with Gasteiger partial charge in [0.25, 0.3) is 5.91 Å². The molecule has 1 N–H and O–H groups in total. The van der Waals surface area contributed by atoms with E-state index in [-0.39, 0.29) is 22.4 Å². The number of aromatic nitrogens is 2. The summed E-state index contributed by atoms with van der Waals surface area (Å²) in [6.45, 7) is 1.78. The van der Waals surface area contributed by atoms with Crippen LogP contribution in [0.3, 0.4) is 0 Å². The molecule has 1 aromatic heterocycles. The second-order valence-electron chi connectivity index (χ2n) is 7.18. The number of esters is 1. The van der Waals surface area contributed by atoms with Gasteiger partial charge in [-0.25, -0.2) is 9.48 Å². The molecule has 0 aliphatic heterocycles. The van der Waals surface area contributed by atoms with Crippen LogP contribution in [0.1, 0.15) is 26.4 Å². The lowest BCUT2D eigenvalue weighted by Gasteiger charge is -2.10. The third kappa shape index (κ3) is 5.37. The highest BCUT2D eigenvalue weighted by Crippen LogP contribution is 2.26. The Morgan fingerprint density at radius 1 is 0.794 bits per heavy atom. The minimum atomic E-state index is -0.606. The smallest absolute Gasteiger partial charge is 0.344 e. The van der Waals surface area contributed by atoms with Crippen LogP contribution in [0.15, 0.2) is 66.7 Å². The molecule has 3 aromatic carbocycles. The highest BCUT2D eigenvalue weighted by Gasteiger charge is 2.16. The SMILES string of the molecule is Cc1cc(OC(=O)c2ccc(Cl)c(Cl)c2)n(-c2ccc(NC(=O)c3ccc(Cl)c(Cl)c3)cc2)n1. The number of anilines is 1. The zero-order valence-electron chi connectivity index (χ0n) is 17.5. The first kappa shape index (κ1) is 24.1. The van der Waals surface area contributed by atoms with Crippen molar-refractivity contribution < 1.29 is 14.3 Å². The monoisotopic (exact) mass is 533 g/mol. The van der Waals surface area contributed by atoms with Crippen LogP contribution in [0.4, 0.5) is 5.69 Å². The fraction of sp³-hybridized carbons (Fsp3) is 0.0417. The molecule has 6 nitrogen and oxygen atoms in total. The van der Waals surface area contributed by atoms with Crippen molar-refractivity contribution in [3.05, 3.63) is 104 Å². The summed E-state index contributed by atoms with van der Waals surface area (Å²) in [5, 5.41) is 8.43. The second-order valence-corrected chi connectivity index (χ2v) is 8.81. The lowest BCUT2D eigenvalue weighted by atomic mass is 10.2. The van der Waals surface area contributed by atoms with E-state index in [0.29, 0.717) is 37.7 Å². The van der Waals surface area contributed by atoms with E-state index in [9.17, 15) is 9.59 Å². The van der Waals surface area contributed by atoms with E-state index in [1.807, 2.05) is 0 Å². The number of rotatable bonds is 5. The molecule has 0 aliphatic rings. The van der Waals surface area contributed by atoms with Crippen LogP contribution in [0.5, 0.6) is 5.88 Å². The van der Waals surface area contributed by atoms with E-state index in [0.717, 1.165) is 0 Å². The van der Waals surface area contributed by atoms with Crippen molar-refractivity contribution in [1.82, 2.24) is 9.78 Å². The van der Waals surface area contributed by atoms with Gasteiger partial charge in [0.05, 0.1) is 37.0 Å². The van der Waals surface area contributed by atoms with Crippen molar-refractivity contribution >= 4 is 64.0 Å². The van der Waals surface area contributed by atoms with E-state index >= 15 is 0 Å². The van der Waals surface area contributed by atoms with Gasteiger partial charge in [0, 0.05) is 17.3 Å². The van der Waals surface area contributed by atoms with Gasteiger partial charge in [-0.1, -0.05) is 46.4 Å². The van der Waals surface area contributed by atoms with Crippen LogP contribution in [0.2, 0.25) is 20.1 Å². The number of carbonyl (C=O) groups excluding carboxylic acids is 2. The minimum Gasteiger partial charge on any atom is -0.404 e. The summed E-state index contributed by atoms with van der Waals surface area (Å²) >= 11 is 23.8. The standard InChI is InChI=1S/C24H15Cl4N3O3/c1-13-10-22(34-24(33)15-3-9-19(26)21(28)12-15)31(30-13)17-6-4-16(5-7-17)29-23(32)14-2-8-18(25)20(27)11-14/h2-12H,1H3,(H,29,32). The lowest BCUT2D eigenvalue weighted by Crippen LogP contribution is -2.13. The highest BCUT2D eigenvalue weighted by atomic mass is 35.5. The van der Waals surface area contributed by atoms with Crippen molar-refractivity contribution in [2.45, 2.75) is 6.92 Å². The van der Waals surface area contributed by atoms with E-state index in [1.54, 1.807) is 49.4 Å². The molecular formula is C24H15Cl4N3O3. The molecule has 1 heterocycles. The van der Waals surface area contributed by atoms with Crippen LogP contribution in [0, 0.1) is 6.92 Å². The van der Waals surface area contributed by atoms with Gasteiger partial charge in [-0.05, 0) is 67.6 Å². The highest BCUT2D eigenvalue weighted by molar-refractivity contribution is 6.42. The first-order chi connectivity index (χ1) is 16.2. The van der Waals surface area contributed by atoms with Gasteiger partial charge in [0.1, 0.15) is 0 Å². The van der Waals surface area contributed by atoms with Crippen LogP contribution in [0.25, 0.3) is 5.69 Å². The zero-order chi connectivity index (χ0) is 24.4. The Bertz CT molecular complexity index is 1400. The number of aryl methyl sites for hydroxylation is 1. The molecular weight excluding hydrogens is 520 g/mol. The number of carbonyl (C=O) groups is 2. The Morgan fingerprint density at radius 3 is 2.00 bits per heavy atom. The molecule has 34 heavy (non-hydrogen) atoms. The molecule has 0 spiro atoms. The molecule has 0 aliphatic carbocycles. The van der Waals surface area contributed by atoms with E-state index in [2.05, 4.69) is 10.4 Å². The van der Waals surface area contributed by atoms with Crippen LogP contribution < -0.4 is 10.1 Å². The fourth-order valence-corrected chi connectivity index (χ4v) is 3.63. The van der Waals surface area contributed by atoms with Gasteiger partial charge in [0.2, 0.25) is 5.88 Å². The summed E-state index contributed by atoms with van der Waals surface area (Å²) < 4.78 is 7.02. The predicted molar refractivity (Wildman–Crippen MR) is 134 cm³/mol. The molecule has 172 valence electrons. The maximum atomic E-state index is 12.6. The Hall–Kier alpha value is -3.03. The van der Waals surface area contributed by atoms with Crippen molar-refractivity contribution in [2.75, 3.05) is 5.32 Å². The number of ether oxygens (including phenoxy) is 1. The minimum absolute atomic E-state index is 0.223. The molecule has 0 radical (unpaired) electrons. The summed E-state index contributed by atoms with van der Waals surface area (Å²) in [5.41, 5.74) is 2.45. The second kappa shape index (κ2) is 10.1. The molecule has 0 saturated carbocycles. The third-order valence-corrected chi connectivity index (χ3v) is 6.18. The maximum Gasteiger partial charge on any atom is 0.344 e. The Balaban J connectivity index is 1.51. The number of hydrogen-bond acceptors (Lipinski definition) is 4. The quantitative estimate of drug-likeness (QED) is 0.273. The average molecular weight is 535 g/mol. The predicted octanol–water partition coefficient (Wildman–Crippen LogP) is 7.27. The van der Waals surface area contributed by atoms with Gasteiger partial charge >= 0.3 is 5.97 Å². The molecule has 4 aromatic rings. The fourth-order valence-electron chi connectivity index (χ4n) is 3.04. The third-order valence-electron chi connectivity index (χ3n) is 4.70. The molecule has 0 bridgehead atoms.